The summed E-state index contributed by atoms with van der Waals surface area (Å²) >= 11 is 5.62. The number of halogens is 1. The van der Waals surface area contributed by atoms with Crippen molar-refractivity contribution in [2.75, 3.05) is 33.2 Å². The Bertz CT molecular complexity index is 616. The molecule has 2 amide bonds. The van der Waals surface area contributed by atoms with Crippen molar-refractivity contribution in [3.63, 3.8) is 0 Å². The number of likely N-dealkylation sites (tertiary alicyclic amines) is 1. The van der Waals surface area contributed by atoms with Crippen LogP contribution in [0.5, 0.6) is 11.5 Å². The number of carbonyl (C=O) groups is 2. The first-order valence-corrected chi connectivity index (χ1v) is 9.44. The number of nitrogens with one attached hydrogen (secondary N) is 1. The van der Waals surface area contributed by atoms with Crippen LogP contribution in [0, 0.1) is 0 Å². The van der Waals surface area contributed by atoms with Crippen LogP contribution in [0.1, 0.15) is 31.2 Å². The van der Waals surface area contributed by atoms with Gasteiger partial charge in [0.1, 0.15) is 0 Å². The van der Waals surface area contributed by atoms with Crippen molar-refractivity contribution in [1.82, 2.24) is 10.2 Å². The zero-order valence-corrected chi connectivity index (χ0v) is 16.2. The molecule has 1 fully saturated rings. The molecule has 0 bridgehead atoms. The molecule has 0 aromatic heterocycles. The van der Waals surface area contributed by atoms with E-state index in [9.17, 15) is 9.59 Å². The number of methoxy groups -OCH3 is 2. The van der Waals surface area contributed by atoms with E-state index < -0.39 is 0 Å². The standard InChI is InChI=1S/C19H27ClN2O4/c1-25-16-5-3-14(13-17(16)26-2)4-6-18(23)21-15-8-11-22(12-9-15)19(24)7-10-20/h3,5,13,15H,4,6-12H2,1-2H3,(H,21,23). The van der Waals surface area contributed by atoms with Crippen molar-refractivity contribution >= 4 is 23.4 Å². The fraction of sp³-hybridized carbons (Fsp3) is 0.579. The number of carbonyl (C=O) groups excluding carboxylic acids is 2. The molecule has 1 aromatic rings. The first-order valence-electron chi connectivity index (χ1n) is 8.91. The van der Waals surface area contributed by atoms with Gasteiger partial charge < -0.3 is 19.7 Å². The van der Waals surface area contributed by atoms with Crippen molar-refractivity contribution in [3.05, 3.63) is 23.8 Å². The van der Waals surface area contributed by atoms with Gasteiger partial charge in [0.15, 0.2) is 11.5 Å². The highest BCUT2D eigenvalue weighted by atomic mass is 35.5. The Labute approximate surface area is 159 Å². The van der Waals surface area contributed by atoms with E-state index in [4.69, 9.17) is 21.1 Å². The molecule has 2 rings (SSSR count). The van der Waals surface area contributed by atoms with E-state index in [1.54, 1.807) is 14.2 Å². The van der Waals surface area contributed by atoms with Gasteiger partial charge in [-0.1, -0.05) is 6.07 Å². The lowest BCUT2D eigenvalue weighted by atomic mass is 10.0. The maximum absolute atomic E-state index is 12.2. The Kier molecular flexibility index (Phi) is 8.04. The number of rotatable bonds is 8. The zero-order chi connectivity index (χ0) is 18.9. The smallest absolute Gasteiger partial charge is 0.223 e. The van der Waals surface area contributed by atoms with Gasteiger partial charge in [-0.3, -0.25) is 9.59 Å². The van der Waals surface area contributed by atoms with E-state index in [0.717, 1.165) is 18.4 Å². The molecule has 0 atom stereocenters. The second-order valence-electron chi connectivity index (χ2n) is 6.35. The maximum atomic E-state index is 12.2. The molecule has 1 saturated heterocycles. The summed E-state index contributed by atoms with van der Waals surface area (Å²) in [5, 5.41) is 3.07. The molecule has 1 N–H and O–H groups in total. The Morgan fingerprint density at radius 3 is 2.46 bits per heavy atom. The minimum atomic E-state index is 0.0327. The molecular formula is C19H27ClN2O4. The quantitative estimate of drug-likeness (QED) is 0.701. The van der Waals surface area contributed by atoms with E-state index in [1.165, 1.54) is 0 Å². The molecule has 0 unspecified atom stereocenters. The Balaban J connectivity index is 1.75. The van der Waals surface area contributed by atoms with Gasteiger partial charge >= 0.3 is 0 Å². The third-order valence-corrected chi connectivity index (χ3v) is 4.80. The highest BCUT2D eigenvalue weighted by molar-refractivity contribution is 6.18. The summed E-state index contributed by atoms with van der Waals surface area (Å²) in [7, 11) is 3.19. The van der Waals surface area contributed by atoms with Crippen LogP contribution in [0.3, 0.4) is 0 Å². The van der Waals surface area contributed by atoms with Gasteiger partial charge in [-0.2, -0.15) is 0 Å². The summed E-state index contributed by atoms with van der Waals surface area (Å²) in [6, 6.07) is 5.82. The highest BCUT2D eigenvalue weighted by Crippen LogP contribution is 2.28. The van der Waals surface area contributed by atoms with Gasteiger partial charge in [0.05, 0.1) is 14.2 Å². The lowest BCUT2D eigenvalue weighted by Crippen LogP contribution is -2.46. The van der Waals surface area contributed by atoms with E-state index >= 15 is 0 Å². The van der Waals surface area contributed by atoms with Gasteiger partial charge in [0.25, 0.3) is 0 Å². The predicted molar refractivity (Wildman–Crippen MR) is 101 cm³/mol. The number of ether oxygens (including phenoxy) is 2. The van der Waals surface area contributed by atoms with Crippen molar-refractivity contribution in [2.24, 2.45) is 0 Å². The minimum absolute atomic E-state index is 0.0327. The fourth-order valence-electron chi connectivity index (χ4n) is 3.11. The van der Waals surface area contributed by atoms with Crippen molar-refractivity contribution in [2.45, 2.75) is 38.1 Å². The summed E-state index contributed by atoms with van der Waals surface area (Å²) in [6.45, 7) is 1.35. The van der Waals surface area contributed by atoms with Crippen LogP contribution in [0.25, 0.3) is 0 Å². The number of benzene rings is 1. The zero-order valence-electron chi connectivity index (χ0n) is 15.4. The first-order chi connectivity index (χ1) is 12.6. The molecule has 0 aliphatic carbocycles. The SMILES string of the molecule is COc1ccc(CCC(=O)NC2CCN(C(=O)CCCl)CC2)cc1OC. The summed E-state index contributed by atoms with van der Waals surface area (Å²) in [4.78, 5) is 25.9. The number of hydrogen-bond acceptors (Lipinski definition) is 4. The molecule has 6 nitrogen and oxygen atoms in total. The normalized spacial score (nSPS) is 14.8. The lowest BCUT2D eigenvalue weighted by Gasteiger charge is -2.32. The van der Waals surface area contributed by atoms with Gasteiger partial charge in [0.2, 0.25) is 11.8 Å². The van der Waals surface area contributed by atoms with Crippen molar-refractivity contribution < 1.29 is 19.1 Å². The second-order valence-corrected chi connectivity index (χ2v) is 6.73. The fourth-order valence-corrected chi connectivity index (χ4v) is 3.27. The molecule has 1 aromatic carbocycles. The highest BCUT2D eigenvalue weighted by Gasteiger charge is 2.23. The molecule has 0 saturated carbocycles. The Morgan fingerprint density at radius 2 is 1.85 bits per heavy atom. The summed E-state index contributed by atoms with van der Waals surface area (Å²) in [5.41, 5.74) is 1.03. The van der Waals surface area contributed by atoms with Crippen molar-refractivity contribution in [1.29, 1.82) is 0 Å². The second kappa shape index (κ2) is 10.3. The maximum Gasteiger partial charge on any atom is 0.223 e. The number of alkyl halides is 1. The van der Waals surface area contributed by atoms with Gasteiger partial charge in [-0.25, -0.2) is 0 Å². The van der Waals surface area contributed by atoms with Crippen LogP contribution in [0.4, 0.5) is 0 Å². The van der Waals surface area contributed by atoms with Crippen molar-refractivity contribution in [3.8, 4) is 11.5 Å². The third-order valence-electron chi connectivity index (χ3n) is 4.61. The first kappa shape index (κ1) is 20.4. The summed E-state index contributed by atoms with van der Waals surface area (Å²) in [6.07, 6.45) is 3.01. The molecule has 1 aliphatic rings. The average molecular weight is 383 g/mol. The molecule has 0 radical (unpaired) electrons. The average Bonchev–Trinajstić information content (AvgIpc) is 2.66. The molecule has 0 spiro atoms. The molecule has 7 heteroatoms. The summed E-state index contributed by atoms with van der Waals surface area (Å²) in [5.74, 6) is 1.82. The Hall–Kier alpha value is -1.95. The Morgan fingerprint density at radius 1 is 1.15 bits per heavy atom. The van der Waals surface area contributed by atoms with Gasteiger partial charge in [0, 0.05) is 37.9 Å². The molecule has 1 aliphatic heterocycles. The summed E-state index contributed by atoms with van der Waals surface area (Å²) < 4.78 is 10.5. The van der Waals surface area contributed by atoms with Crippen LogP contribution in [0.15, 0.2) is 18.2 Å². The van der Waals surface area contributed by atoms with E-state index in [0.29, 0.717) is 49.7 Å². The third kappa shape index (κ3) is 5.80. The topological polar surface area (TPSA) is 67.9 Å². The number of aryl methyl sites for hydroxylation is 1. The molecule has 144 valence electrons. The predicted octanol–water partition coefficient (Wildman–Crippen LogP) is 2.37. The molecule has 26 heavy (non-hydrogen) atoms. The number of piperidine rings is 1. The van der Waals surface area contributed by atoms with E-state index in [1.807, 2.05) is 23.1 Å². The molecule has 1 heterocycles. The number of nitrogens with zero attached hydrogens (tertiary/aromatic N) is 1. The number of hydrogen-bond donors (Lipinski definition) is 1. The largest absolute Gasteiger partial charge is 0.493 e. The van der Waals surface area contributed by atoms with Gasteiger partial charge in [-0.05, 0) is 37.0 Å². The monoisotopic (exact) mass is 382 g/mol. The van der Waals surface area contributed by atoms with Crippen LogP contribution >= 0.6 is 11.6 Å². The van der Waals surface area contributed by atoms with Gasteiger partial charge in [-0.15, -0.1) is 11.6 Å². The molecular weight excluding hydrogens is 356 g/mol. The van der Waals surface area contributed by atoms with E-state index in [-0.39, 0.29) is 17.9 Å². The minimum Gasteiger partial charge on any atom is -0.493 e. The number of amides is 2. The van der Waals surface area contributed by atoms with Crippen LogP contribution < -0.4 is 14.8 Å². The van der Waals surface area contributed by atoms with Crippen LogP contribution in [-0.4, -0.2) is 55.9 Å². The van der Waals surface area contributed by atoms with E-state index in [2.05, 4.69) is 5.32 Å². The van der Waals surface area contributed by atoms with Crippen LogP contribution in [0.2, 0.25) is 0 Å². The van der Waals surface area contributed by atoms with Crippen LogP contribution in [-0.2, 0) is 16.0 Å². The lowest BCUT2D eigenvalue weighted by molar-refractivity contribution is -0.132.